The summed E-state index contributed by atoms with van der Waals surface area (Å²) >= 11 is 0. The number of aliphatic hydroxyl groups excluding tert-OH is 2. The molecule has 0 bridgehead atoms. The predicted molar refractivity (Wildman–Crippen MR) is 67.2 cm³/mol. The molecule has 9 heteroatoms. The largest absolute Gasteiger partial charge is 0.573 e. The van der Waals surface area contributed by atoms with E-state index in [2.05, 4.69) is 10.1 Å². The highest BCUT2D eigenvalue weighted by atomic mass is 19.4. The number of alkyl halides is 3. The zero-order chi connectivity index (χ0) is 16.2. The van der Waals surface area contributed by atoms with Crippen LogP contribution in [0, 0.1) is 0 Å². The number of nitrogens with one attached hydrogen (secondary N) is 1. The molecule has 0 spiro atoms. The molecule has 0 aliphatic rings. The normalized spacial score (nSPS) is 14.4. The number of hydrogen-bond donors (Lipinski definition) is 4. The average molecular weight is 308 g/mol. The monoisotopic (exact) mass is 308 g/mol. The minimum Gasteiger partial charge on any atom is -0.404 e. The number of nitrogens with two attached hydrogens (primary N) is 1. The Kier molecular flexibility index (Phi) is 5.39. The van der Waals surface area contributed by atoms with Crippen LogP contribution in [0.2, 0.25) is 0 Å². The predicted octanol–water partition coefficient (Wildman–Crippen LogP) is 0.698. The summed E-state index contributed by atoms with van der Waals surface area (Å²) in [5.74, 6) is -1.09. The van der Waals surface area contributed by atoms with Crippen molar-refractivity contribution < 1.29 is 32.9 Å². The Bertz CT molecular complexity index is 508. The molecule has 1 amide bonds. The summed E-state index contributed by atoms with van der Waals surface area (Å²) in [6.45, 7) is 0.966. The van der Waals surface area contributed by atoms with Gasteiger partial charge in [0.25, 0.3) is 0 Å². The first-order valence-electron chi connectivity index (χ1n) is 5.86. The van der Waals surface area contributed by atoms with Gasteiger partial charge in [-0.25, -0.2) is 0 Å². The van der Waals surface area contributed by atoms with Crippen molar-refractivity contribution in [1.29, 1.82) is 0 Å². The first-order valence-corrected chi connectivity index (χ1v) is 5.86. The van der Waals surface area contributed by atoms with Gasteiger partial charge in [-0.15, -0.1) is 13.2 Å². The number of benzene rings is 1. The maximum atomic E-state index is 12.2. The van der Waals surface area contributed by atoms with Crippen LogP contribution in [0.15, 0.2) is 18.2 Å². The van der Waals surface area contributed by atoms with Crippen molar-refractivity contribution in [3.05, 3.63) is 23.8 Å². The number of halogens is 3. The van der Waals surface area contributed by atoms with Gasteiger partial charge < -0.3 is 26.0 Å². The van der Waals surface area contributed by atoms with E-state index in [1.54, 1.807) is 0 Å². The highest BCUT2D eigenvalue weighted by Crippen LogP contribution is 2.31. The van der Waals surface area contributed by atoms with Crippen molar-refractivity contribution in [2.75, 3.05) is 12.3 Å². The molecule has 0 saturated carbocycles. The molecule has 0 saturated heterocycles. The first-order chi connectivity index (χ1) is 9.60. The Labute approximate surface area is 118 Å². The van der Waals surface area contributed by atoms with Crippen molar-refractivity contribution in [3.63, 3.8) is 0 Å². The smallest absolute Gasteiger partial charge is 0.404 e. The highest BCUT2D eigenvalue weighted by molar-refractivity contribution is 5.72. The lowest BCUT2D eigenvalue weighted by atomic mass is 10.0. The van der Waals surface area contributed by atoms with Crippen molar-refractivity contribution in [2.45, 2.75) is 25.5 Å². The van der Waals surface area contributed by atoms with Gasteiger partial charge in [-0.05, 0) is 17.7 Å². The number of hydrogen-bond acceptors (Lipinski definition) is 5. The molecule has 21 heavy (non-hydrogen) atoms. The molecule has 0 radical (unpaired) electrons. The second kappa shape index (κ2) is 6.64. The Hall–Kier alpha value is -2.00. The van der Waals surface area contributed by atoms with Crippen LogP contribution in [0.5, 0.6) is 5.75 Å². The Morgan fingerprint density at radius 3 is 2.57 bits per heavy atom. The second-order valence-electron chi connectivity index (χ2n) is 4.29. The van der Waals surface area contributed by atoms with Crippen molar-refractivity contribution >= 4 is 11.6 Å². The quantitative estimate of drug-likeness (QED) is 0.599. The fourth-order valence-electron chi connectivity index (χ4n) is 1.53. The van der Waals surface area contributed by atoms with Gasteiger partial charge >= 0.3 is 6.36 Å². The van der Waals surface area contributed by atoms with E-state index in [0.717, 1.165) is 12.1 Å². The zero-order valence-corrected chi connectivity index (χ0v) is 11.0. The lowest BCUT2D eigenvalue weighted by molar-refractivity contribution is -0.274. The molecule has 5 N–H and O–H groups in total. The Balaban J connectivity index is 2.87. The molecule has 0 fully saturated rings. The van der Waals surface area contributed by atoms with E-state index in [1.807, 2.05) is 0 Å². The molecular weight excluding hydrogens is 293 g/mol. The topological polar surface area (TPSA) is 105 Å². The van der Waals surface area contributed by atoms with Gasteiger partial charge in [0, 0.05) is 13.5 Å². The van der Waals surface area contributed by atoms with Gasteiger partial charge in [0.15, 0.2) is 5.75 Å². The van der Waals surface area contributed by atoms with Crippen molar-refractivity contribution in [3.8, 4) is 5.75 Å². The number of ether oxygens (including phenoxy) is 1. The van der Waals surface area contributed by atoms with Gasteiger partial charge in [0.2, 0.25) is 5.91 Å². The van der Waals surface area contributed by atoms with Crippen LogP contribution >= 0.6 is 0 Å². The minimum atomic E-state index is -4.92. The summed E-state index contributed by atoms with van der Waals surface area (Å²) in [4.78, 5) is 10.7. The van der Waals surface area contributed by atoms with Crippen LogP contribution in [0.3, 0.4) is 0 Å². The third-order valence-corrected chi connectivity index (χ3v) is 2.53. The molecule has 118 valence electrons. The summed E-state index contributed by atoms with van der Waals surface area (Å²) in [6.07, 6.45) is -7.82. The molecule has 1 aromatic rings. The maximum Gasteiger partial charge on any atom is 0.573 e. The number of carbonyl (C=O) groups is 1. The minimum absolute atomic E-state index is 0.0266. The number of nitrogen functional groups attached to an aromatic ring is 1. The molecule has 0 aromatic heterocycles. The van der Waals surface area contributed by atoms with Gasteiger partial charge in [-0.1, -0.05) is 6.07 Å². The fourth-order valence-corrected chi connectivity index (χ4v) is 1.53. The van der Waals surface area contributed by atoms with E-state index >= 15 is 0 Å². The summed E-state index contributed by atoms with van der Waals surface area (Å²) in [6, 6.07) is 3.25. The van der Waals surface area contributed by atoms with E-state index in [9.17, 15) is 28.2 Å². The van der Waals surface area contributed by atoms with Crippen LogP contribution < -0.4 is 15.8 Å². The molecule has 1 aromatic carbocycles. The van der Waals surface area contributed by atoms with Crippen LogP contribution in [0.4, 0.5) is 18.9 Å². The van der Waals surface area contributed by atoms with Crippen molar-refractivity contribution in [2.24, 2.45) is 0 Å². The highest BCUT2D eigenvalue weighted by Gasteiger charge is 2.32. The lowest BCUT2D eigenvalue weighted by Crippen LogP contribution is -2.34. The fraction of sp³-hybridized carbons (Fsp3) is 0.417. The summed E-state index contributed by atoms with van der Waals surface area (Å²) in [5.41, 5.74) is 5.05. The average Bonchev–Trinajstić information content (AvgIpc) is 2.36. The lowest BCUT2D eigenvalue weighted by Gasteiger charge is -2.20. The van der Waals surface area contributed by atoms with Gasteiger partial charge in [0.1, 0.15) is 12.2 Å². The molecule has 2 unspecified atom stereocenters. The number of carbonyl (C=O) groups excluding carboxylic acids is 1. The third-order valence-electron chi connectivity index (χ3n) is 2.53. The second-order valence-corrected chi connectivity index (χ2v) is 4.29. The Morgan fingerprint density at radius 2 is 2.05 bits per heavy atom. The van der Waals surface area contributed by atoms with Crippen LogP contribution in [-0.2, 0) is 4.79 Å². The SMILES string of the molecule is CC(=O)NCC(O)C(O)c1ccc(N)c(OC(F)(F)F)c1. The van der Waals surface area contributed by atoms with E-state index < -0.39 is 30.2 Å². The summed E-state index contributed by atoms with van der Waals surface area (Å²) < 4.78 is 40.3. The number of aliphatic hydroxyl groups is 2. The van der Waals surface area contributed by atoms with Crippen LogP contribution in [-0.4, -0.2) is 35.1 Å². The van der Waals surface area contributed by atoms with Gasteiger partial charge in [-0.3, -0.25) is 4.79 Å². The zero-order valence-electron chi connectivity index (χ0n) is 11.0. The number of anilines is 1. The summed E-state index contributed by atoms with van der Waals surface area (Å²) in [5, 5.41) is 21.8. The third kappa shape index (κ3) is 5.48. The molecule has 6 nitrogen and oxygen atoms in total. The van der Waals surface area contributed by atoms with Crippen LogP contribution in [0.25, 0.3) is 0 Å². The Morgan fingerprint density at radius 1 is 1.43 bits per heavy atom. The molecular formula is C12H15F3N2O4. The van der Waals surface area contributed by atoms with Crippen LogP contribution in [0.1, 0.15) is 18.6 Å². The molecule has 0 aliphatic heterocycles. The standard InChI is InChI=1S/C12H15F3N2O4/c1-6(18)17-5-9(19)11(20)7-2-3-8(16)10(4-7)21-12(13,14)15/h2-4,9,11,19-20H,5,16H2,1H3,(H,17,18). The van der Waals surface area contributed by atoms with E-state index in [-0.39, 0.29) is 17.8 Å². The molecule has 0 heterocycles. The van der Waals surface area contributed by atoms with E-state index in [1.165, 1.54) is 13.0 Å². The molecule has 0 aliphatic carbocycles. The van der Waals surface area contributed by atoms with Crippen molar-refractivity contribution in [1.82, 2.24) is 5.32 Å². The molecule has 2 atom stereocenters. The summed E-state index contributed by atoms with van der Waals surface area (Å²) in [7, 11) is 0. The van der Waals surface area contributed by atoms with E-state index in [4.69, 9.17) is 5.73 Å². The van der Waals surface area contributed by atoms with E-state index in [0.29, 0.717) is 0 Å². The maximum absolute atomic E-state index is 12.2. The first kappa shape index (κ1) is 17.1. The van der Waals surface area contributed by atoms with Gasteiger partial charge in [0.05, 0.1) is 5.69 Å². The number of amides is 1. The van der Waals surface area contributed by atoms with Gasteiger partial charge in [-0.2, -0.15) is 0 Å². The molecule has 1 rings (SSSR count). The number of rotatable bonds is 5.